The summed E-state index contributed by atoms with van der Waals surface area (Å²) in [6, 6.07) is 64.1. The third kappa shape index (κ3) is 6.40. The van der Waals surface area contributed by atoms with Gasteiger partial charge in [-0.25, -0.2) is 0 Å². The minimum absolute atomic E-state index is 0.208. The van der Waals surface area contributed by atoms with Gasteiger partial charge in [-0.05, 0) is 135 Å². The van der Waals surface area contributed by atoms with E-state index in [1.54, 1.807) is 11.1 Å². The van der Waals surface area contributed by atoms with Crippen LogP contribution in [0.2, 0.25) is 0 Å². The van der Waals surface area contributed by atoms with E-state index in [2.05, 4.69) is 205 Å². The molecule has 4 saturated carbocycles. The molecule has 0 nitrogen and oxygen atoms in total. The zero-order valence-corrected chi connectivity index (χ0v) is 37.6. The van der Waals surface area contributed by atoms with Gasteiger partial charge < -0.3 is 0 Å². The highest BCUT2D eigenvalue weighted by atomic mass is 28.3. The van der Waals surface area contributed by atoms with Gasteiger partial charge >= 0.3 is 0 Å². The third-order valence-electron chi connectivity index (χ3n) is 15.5. The molecule has 4 aliphatic carbocycles. The molecule has 4 aliphatic rings. The van der Waals surface area contributed by atoms with Crippen molar-refractivity contribution in [3.63, 3.8) is 0 Å². The van der Waals surface area contributed by atoms with E-state index in [4.69, 9.17) is 0 Å². The first kappa shape index (κ1) is 39.0. The summed E-state index contributed by atoms with van der Waals surface area (Å²) in [4.78, 5) is 0. The minimum atomic E-state index is -2.56. The van der Waals surface area contributed by atoms with E-state index < -0.39 is 8.07 Å². The van der Waals surface area contributed by atoms with Gasteiger partial charge in [-0.1, -0.05) is 214 Å². The molecule has 0 saturated heterocycles. The standard InChI is InChI=1S/C58H59BSi/c1-40-30-42(3)55(43(4)31-40)59(56-44(5)32-41(2)33-45(56)6)50-26-22-48(23-27-50)57-35-46-34-47(36-57)38-58(37-46,39-57)49-24-28-54(29-25-49)60(51-16-10-7-11-17-51,52-18-12-8-13-19-52)53-20-14-9-15-21-53/h7-33,46-47H,34-39H2,1-6H3. The molecule has 11 rings (SSSR count). The maximum absolute atomic E-state index is 2.58. The van der Waals surface area contributed by atoms with Gasteiger partial charge in [0.2, 0.25) is 6.71 Å². The van der Waals surface area contributed by atoms with Crippen molar-refractivity contribution >= 4 is 51.9 Å². The van der Waals surface area contributed by atoms with Crippen LogP contribution >= 0.6 is 0 Å². The fourth-order valence-corrected chi connectivity index (χ4v) is 18.6. The van der Waals surface area contributed by atoms with Gasteiger partial charge in [-0.15, -0.1) is 0 Å². The molecule has 2 atom stereocenters. The second kappa shape index (κ2) is 15.1. The second-order valence-corrected chi connectivity index (χ2v) is 23.4. The van der Waals surface area contributed by atoms with Gasteiger partial charge in [0.25, 0.3) is 0 Å². The molecule has 0 radical (unpaired) electrons. The summed E-state index contributed by atoms with van der Waals surface area (Å²) in [5.74, 6) is 1.58. The van der Waals surface area contributed by atoms with Crippen molar-refractivity contribution in [3.8, 4) is 0 Å². The Morgan fingerprint density at radius 2 is 0.750 bits per heavy atom. The predicted octanol–water partition coefficient (Wildman–Crippen LogP) is 9.22. The normalized spacial score (nSPS) is 21.9. The Balaban J connectivity index is 1.04. The van der Waals surface area contributed by atoms with Crippen LogP contribution in [0.15, 0.2) is 164 Å². The van der Waals surface area contributed by atoms with Gasteiger partial charge in [0.05, 0.1) is 0 Å². The predicted molar refractivity (Wildman–Crippen MR) is 260 cm³/mol. The zero-order valence-electron chi connectivity index (χ0n) is 36.6. The first-order chi connectivity index (χ1) is 29.1. The molecule has 4 fully saturated rings. The molecule has 4 bridgehead atoms. The molecule has 2 heteroatoms. The lowest BCUT2D eigenvalue weighted by atomic mass is 9.34. The van der Waals surface area contributed by atoms with Crippen molar-refractivity contribution in [2.24, 2.45) is 11.8 Å². The maximum Gasteiger partial charge on any atom is 0.242 e. The molecule has 60 heavy (non-hydrogen) atoms. The van der Waals surface area contributed by atoms with Crippen LogP contribution in [0, 0.1) is 53.4 Å². The van der Waals surface area contributed by atoms with Gasteiger partial charge in [0, 0.05) is 0 Å². The van der Waals surface area contributed by atoms with Crippen LogP contribution in [0.4, 0.5) is 0 Å². The summed E-state index contributed by atoms with van der Waals surface area (Å²) >= 11 is 0. The summed E-state index contributed by atoms with van der Waals surface area (Å²) in [7, 11) is -2.56. The van der Waals surface area contributed by atoms with Gasteiger partial charge in [0.1, 0.15) is 0 Å². The Bertz CT molecular complexity index is 2450. The van der Waals surface area contributed by atoms with Crippen LogP contribution in [0.25, 0.3) is 0 Å². The van der Waals surface area contributed by atoms with Crippen LogP contribution in [0.1, 0.15) is 83.0 Å². The minimum Gasteiger partial charge on any atom is -0.0686 e. The van der Waals surface area contributed by atoms with E-state index in [1.165, 1.54) is 109 Å². The van der Waals surface area contributed by atoms with Gasteiger partial charge in [-0.3, -0.25) is 0 Å². The van der Waals surface area contributed by atoms with Crippen LogP contribution in [-0.4, -0.2) is 14.8 Å². The Hall–Kier alpha value is -5.18. The van der Waals surface area contributed by atoms with E-state index in [1.807, 2.05) is 0 Å². The SMILES string of the molecule is Cc1cc(C)c(B(c2ccc(C34CC5CC(C3)CC(c3ccc([Si](c6ccccc6)(c6ccccc6)c6ccccc6)cc3)(C5)C4)cc2)c2c(C)cc(C)cc2C)c(C)c1. The van der Waals surface area contributed by atoms with Crippen LogP contribution in [0.5, 0.6) is 0 Å². The molecule has 0 heterocycles. The summed E-state index contributed by atoms with van der Waals surface area (Å²) in [6.45, 7) is 14.0. The quantitative estimate of drug-likeness (QED) is 0.101. The molecule has 0 aliphatic heterocycles. The highest BCUT2D eigenvalue weighted by molar-refractivity contribution is 7.19. The lowest BCUT2D eigenvalue weighted by Gasteiger charge is -2.63. The van der Waals surface area contributed by atoms with Gasteiger partial charge in [0.15, 0.2) is 8.07 Å². The van der Waals surface area contributed by atoms with E-state index in [0.29, 0.717) is 0 Å². The highest BCUT2D eigenvalue weighted by Gasteiger charge is 2.58. The van der Waals surface area contributed by atoms with E-state index >= 15 is 0 Å². The lowest BCUT2D eigenvalue weighted by Crippen LogP contribution is -2.74. The molecule has 0 spiro atoms. The van der Waals surface area contributed by atoms with Crippen molar-refractivity contribution in [2.45, 2.75) is 90.9 Å². The highest BCUT2D eigenvalue weighted by Crippen LogP contribution is 2.66. The molecular weight excluding hydrogens is 736 g/mol. The average Bonchev–Trinajstić information content (AvgIpc) is 3.24. The van der Waals surface area contributed by atoms with Crippen LogP contribution < -0.4 is 37.1 Å². The number of aryl methyl sites for hydroxylation is 6. The summed E-state index contributed by atoms with van der Waals surface area (Å²) in [6.07, 6.45) is 8.02. The Morgan fingerprint density at radius 3 is 1.12 bits per heavy atom. The summed E-state index contributed by atoms with van der Waals surface area (Å²) < 4.78 is 0. The first-order valence-corrected chi connectivity index (χ1v) is 24.6. The fourth-order valence-electron chi connectivity index (χ4n) is 13.9. The molecule has 298 valence electrons. The lowest BCUT2D eigenvalue weighted by molar-refractivity contribution is -0.0281. The maximum atomic E-state index is 2.58. The topological polar surface area (TPSA) is 0 Å². The smallest absolute Gasteiger partial charge is 0.0686 e. The van der Waals surface area contributed by atoms with E-state index in [9.17, 15) is 0 Å². The molecule has 0 aromatic heterocycles. The summed E-state index contributed by atoms with van der Waals surface area (Å²) in [5, 5.41) is 5.79. The largest absolute Gasteiger partial charge is 0.242 e. The Morgan fingerprint density at radius 1 is 0.417 bits per heavy atom. The summed E-state index contributed by atoms with van der Waals surface area (Å²) in [5.41, 5.74) is 16.2. The molecule has 0 amide bonds. The van der Waals surface area contributed by atoms with Crippen molar-refractivity contribution < 1.29 is 0 Å². The number of rotatable bonds is 9. The molecule has 7 aromatic carbocycles. The monoisotopic (exact) mass is 794 g/mol. The molecule has 0 N–H and O–H groups in total. The van der Waals surface area contributed by atoms with E-state index in [-0.39, 0.29) is 17.5 Å². The van der Waals surface area contributed by atoms with Crippen LogP contribution in [0.3, 0.4) is 0 Å². The third-order valence-corrected chi connectivity index (χ3v) is 20.3. The first-order valence-electron chi connectivity index (χ1n) is 22.6. The number of hydrogen-bond donors (Lipinski definition) is 0. The van der Waals surface area contributed by atoms with Gasteiger partial charge in [-0.2, -0.15) is 0 Å². The average molecular weight is 795 g/mol. The molecule has 2 unspecified atom stereocenters. The molecular formula is C58H59BSi. The Kier molecular flexibility index (Phi) is 9.79. The second-order valence-electron chi connectivity index (χ2n) is 19.6. The molecule has 7 aromatic rings. The Labute approximate surface area is 361 Å². The van der Waals surface area contributed by atoms with E-state index in [0.717, 1.165) is 11.8 Å². The van der Waals surface area contributed by atoms with Crippen molar-refractivity contribution in [1.82, 2.24) is 0 Å². The van der Waals surface area contributed by atoms with Crippen molar-refractivity contribution in [2.75, 3.05) is 0 Å². The number of hydrogen-bond acceptors (Lipinski definition) is 0. The van der Waals surface area contributed by atoms with Crippen LogP contribution in [-0.2, 0) is 10.8 Å². The number of benzene rings is 7. The van der Waals surface area contributed by atoms with Crippen molar-refractivity contribution in [1.29, 1.82) is 0 Å². The fraction of sp³-hybridized carbons (Fsp3) is 0.276. The zero-order chi connectivity index (χ0) is 41.2. The van der Waals surface area contributed by atoms with Crippen molar-refractivity contribution in [3.05, 3.63) is 208 Å².